The molecule has 0 bridgehead atoms. The Hall–Kier alpha value is -2.02. The van der Waals surface area contributed by atoms with Crippen LogP contribution in [-0.2, 0) is 18.8 Å². The lowest BCUT2D eigenvalue weighted by Gasteiger charge is -2.14. The van der Waals surface area contributed by atoms with Crippen molar-refractivity contribution < 1.29 is 4.39 Å². The van der Waals surface area contributed by atoms with Crippen molar-refractivity contribution in [1.82, 2.24) is 20.4 Å². The summed E-state index contributed by atoms with van der Waals surface area (Å²) in [6.07, 6.45) is 6.70. The molecule has 0 aliphatic heterocycles. The molecule has 2 N–H and O–H groups in total. The standard InChI is InChI=1S/C17H24FN5S/c1-19-17(20-7-3-9-23-10-4-8-22-23)21-12-14-5-6-16(18)11-15(14)13-24-2/h4-6,8,10-11H,3,7,9,12-13H2,1-2H3,(H2,19,20,21). The SMILES string of the molecule is CN=C(NCCCn1cccn1)NCc1ccc(F)cc1CSC. The van der Waals surface area contributed by atoms with Gasteiger partial charge in [0.2, 0.25) is 0 Å². The maximum absolute atomic E-state index is 13.4. The van der Waals surface area contributed by atoms with E-state index in [1.54, 1.807) is 31.1 Å². The molecule has 0 saturated heterocycles. The van der Waals surface area contributed by atoms with E-state index in [2.05, 4.69) is 20.7 Å². The summed E-state index contributed by atoms with van der Waals surface area (Å²) in [5.41, 5.74) is 2.11. The monoisotopic (exact) mass is 349 g/mol. The van der Waals surface area contributed by atoms with Crippen LogP contribution in [0.4, 0.5) is 4.39 Å². The van der Waals surface area contributed by atoms with Crippen molar-refractivity contribution in [2.75, 3.05) is 19.8 Å². The molecule has 0 saturated carbocycles. The Balaban J connectivity index is 1.78. The Morgan fingerprint density at radius 3 is 2.92 bits per heavy atom. The quantitative estimate of drug-likeness (QED) is 0.437. The van der Waals surface area contributed by atoms with Crippen LogP contribution in [0.5, 0.6) is 0 Å². The van der Waals surface area contributed by atoms with Gasteiger partial charge in [0.05, 0.1) is 0 Å². The second-order valence-electron chi connectivity index (χ2n) is 5.32. The second kappa shape index (κ2) is 9.97. The van der Waals surface area contributed by atoms with Crippen molar-refractivity contribution in [1.29, 1.82) is 0 Å². The average Bonchev–Trinajstić information content (AvgIpc) is 3.09. The van der Waals surface area contributed by atoms with E-state index in [-0.39, 0.29) is 5.82 Å². The highest BCUT2D eigenvalue weighted by Crippen LogP contribution is 2.16. The van der Waals surface area contributed by atoms with Gasteiger partial charge in [0.25, 0.3) is 0 Å². The van der Waals surface area contributed by atoms with E-state index >= 15 is 0 Å². The van der Waals surface area contributed by atoms with Crippen LogP contribution in [-0.4, -0.2) is 35.6 Å². The second-order valence-corrected chi connectivity index (χ2v) is 6.19. The summed E-state index contributed by atoms with van der Waals surface area (Å²) in [4.78, 5) is 4.22. The number of benzene rings is 1. The number of thioether (sulfide) groups is 1. The smallest absolute Gasteiger partial charge is 0.191 e. The fourth-order valence-corrected chi connectivity index (χ4v) is 2.92. The van der Waals surface area contributed by atoms with Crippen molar-refractivity contribution in [3.05, 3.63) is 53.6 Å². The number of nitrogens with zero attached hydrogens (tertiary/aromatic N) is 3. The van der Waals surface area contributed by atoms with Gasteiger partial charge in [-0.2, -0.15) is 16.9 Å². The van der Waals surface area contributed by atoms with Crippen LogP contribution in [0.1, 0.15) is 17.5 Å². The van der Waals surface area contributed by atoms with Gasteiger partial charge in [-0.05, 0) is 42.0 Å². The molecular formula is C17H24FN5S. The third-order valence-electron chi connectivity index (χ3n) is 3.55. The van der Waals surface area contributed by atoms with Gasteiger partial charge in [0, 0.05) is 44.8 Å². The lowest BCUT2D eigenvalue weighted by molar-refractivity contribution is 0.570. The molecule has 130 valence electrons. The molecule has 0 fully saturated rings. The molecule has 0 amide bonds. The number of rotatable bonds is 8. The zero-order valence-corrected chi connectivity index (χ0v) is 14.9. The van der Waals surface area contributed by atoms with Crippen LogP contribution in [0.3, 0.4) is 0 Å². The van der Waals surface area contributed by atoms with E-state index in [0.29, 0.717) is 6.54 Å². The summed E-state index contributed by atoms with van der Waals surface area (Å²) >= 11 is 1.68. The highest BCUT2D eigenvalue weighted by molar-refractivity contribution is 7.97. The molecule has 2 rings (SSSR count). The van der Waals surface area contributed by atoms with Crippen LogP contribution >= 0.6 is 11.8 Å². The molecule has 1 aromatic heterocycles. The van der Waals surface area contributed by atoms with Crippen molar-refractivity contribution in [2.45, 2.75) is 25.3 Å². The van der Waals surface area contributed by atoms with Crippen molar-refractivity contribution in [3.63, 3.8) is 0 Å². The number of guanidine groups is 1. The molecule has 0 spiro atoms. The van der Waals surface area contributed by atoms with Crippen molar-refractivity contribution in [2.24, 2.45) is 4.99 Å². The van der Waals surface area contributed by atoms with Gasteiger partial charge in [-0.3, -0.25) is 9.67 Å². The third kappa shape index (κ3) is 5.88. The number of hydrogen-bond donors (Lipinski definition) is 2. The van der Waals surface area contributed by atoms with E-state index in [4.69, 9.17) is 0 Å². The lowest BCUT2D eigenvalue weighted by atomic mass is 10.1. The first-order valence-corrected chi connectivity index (χ1v) is 9.30. The first kappa shape index (κ1) is 18.3. The van der Waals surface area contributed by atoms with Gasteiger partial charge in [-0.1, -0.05) is 6.07 Å². The minimum absolute atomic E-state index is 0.191. The molecule has 5 nitrogen and oxygen atoms in total. The first-order valence-electron chi connectivity index (χ1n) is 7.91. The topological polar surface area (TPSA) is 54.2 Å². The normalized spacial score (nSPS) is 11.5. The number of aryl methyl sites for hydroxylation is 1. The molecule has 7 heteroatoms. The van der Waals surface area contributed by atoms with Crippen molar-refractivity contribution in [3.8, 4) is 0 Å². The molecule has 0 radical (unpaired) electrons. The Kier molecular flexibility index (Phi) is 7.61. The van der Waals surface area contributed by atoms with Crippen LogP contribution in [0.15, 0.2) is 41.7 Å². The average molecular weight is 349 g/mol. The Morgan fingerprint density at radius 1 is 1.33 bits per heavy atom. The molecular weight excluding hydrogens is 325 g/mol. The molecule has 1 aromatic carbocycles. The Bertz CT molecular complexity index is 642. The number of aromatic nitrogens is 2. The van der Waals surface area contributed by atoms with E-state index < -0.39 is 0 Å². The van der Waals surface area contributed by atoms with Gasteiger partial charge in [0.15, 0.2) is 5.96 Å². The summed E-state index contributed by atoms with van der Waals surface area (Å²) in [5, 5.41) is 10.7. The fraction of sp³-hybridized carbons (Fsp3) is 0.412. The maximum atomic E-state index is 13.4. The summed E-state index contributed by atoms with van der Waals surface area (Å²) < 4.78 is 15.3. The highest BCUT2D eigenvalue weighted by atomic mass is 32.2. The van der Waals surface area contributed by atoms with Crippen LogP contribution in [0, 0.1) is 5.82 Å². The Labute approximate surface area is 146 Å². The largest absolute Gasteiger partial charge is 0.356 e. The number of aliphatic imine (C=N–C) groups is 1. The summed E-state index contributed by atoms with van der Waals surface area (Å²) in [6.45, 7) is 2.29. The number of hydrogen-bond acceptors (Lipinski definition) is 3. The highest BCUT2D eigenvalue weighted by Gasteiger charge is 2.05. The van der Waals surface area contributed by atoms with Crippen LogP contribution in [0.25, 0.3) is 0 Å². The first-order chi connectivity index (χ1) is 11.7. The van der Waals surface area contributed by atoms with Crippen LogP contribution in [0.2, 0.25) is 0 Å². The molecule has 0 aliphatic carbocycles. The zero-order valence-electron chi connectivity index (χ0n) is 14.1. The molecule has 0 aliphatic rings. The van der Waals surface area contributed by atoms with E-state index in [1.807, 2.05) is 29.3 Å². The molecule has 1 heterocycles. The Morgan fingerprint density at radius 2 is 2.21 bits per heavy atom. The van der Waals surface area contributed by atoms with Gasteiger partial charge in [-0.25, -0.2) is 4.39 Å². The van der Waals surface area contributed by atoms with E-state index in [0.717, 1.165) is 42.3 Å². The maximum Gasteiger partial charge on any atom is 0.191 e. The molecule has 0 atom stereocenters. The number of nitrogens with one attached hydrogen (secondary N) is 2. The number of halogens is 1. The van der Waals surface area contributed by atoms with Gasteiger partial charge < -0.3 is 10.6 Å². The zero-order chi connectivity index (χ0) is 17.2. The molecule has 24 heavy (non-hydrogen) atoms. The van der Waals surface area contributed by atoms with Gasteiger partial charge in [-0.15, -0.1) is 0 Å². The summed E-state index contributed by atoms with van der Waals surface area (Å²) in [5.74, 6) is 1.35. The summed E-state index contributed by atoms with van der Waals surface area (Å²) in [7, 11) is 1.75. The van der Waals surface area contributed by atoms with Crippen LogP contribution < -0.4 is 10.6 Å². The molecule has 2 aromatic rings. The molecule has 0 unspecified atom stereocenters. The fourth-order valence-electron chi connectivity index (χ4n) is 2.34. The summed E-state index contributed by atoms with van der Waals surface area (Å²) in [6, 6.07) is 6.86. The predicted molar refractivity (Wildman–Crippen MR) is 98.7 cm³/mol. The van der Waals surface area contributed by atoms with Crippen molar-refractivity contribution >= 4 is 17.7 Å². The van der Waals surface area contributed by atoms with Gasteiger partial charge >= 0.3 is 0 Å². The minimum atomic E-state index is -0.191. The minimum Gasteiger partial charge on any atom is -0.356 e. The third-order valence-corrected chi connectivity index (χ3v) is 4.15. The lowest BCUT2D eigenvalue weighted by Crippen LogP contribution is -2.37. The predicted octanol–water partition coefficient (Wildman–Crippen LogP) is 2.64. The van der Waals surface area contributed by atoms with Gasteiger partial charge in [0.1, 0.15) is 5.82 Å². The van der Waals surface area contributed by atoms with E-state index in [9.17, 15) is 4.39 Å². The van der Waals surface area contributed by atoms with E-state index in [1.165, 1.54) is 6.07 Å².